The zero-order valence-electron chi connectivity index (χ0n) is 6.97. The van der Waals surface area contributed by atoms with E-state index in [9.17, 15) is 17.3 Å². The molecule has 0 aliphatic heterocycles. The molecule has 0 aromatic heterocycles. The van der Waals surface area contributed by atoms with E-state index >= 15 is 0 Å². The van der Waals surface area contributed by atoms with Crippen LogP contribution in [0.4, 0.5) is 23.0 Å². The number of halogens is 6. The second kappa shape index (κ2) is 6.07. The van der Waals surface area contributed by atoms with Crippen LogP contribution in [0, 0.1) is 5.39 Å². The molecule has 0 aliphatic carbocycles. The highest BCUT2D eigenvalue weighted by atomic mass is 79.9. The highest BCUT2D eigenvalue weighted by Gasteiger charge is 2.20. The van der Waals surface area contributed by atoms with Gasteiger partial charge in [-0.1, -0.05) is 0 Å². The molecule has 1 rings (SSSR count). The molecule has 15 heavy (non-hydrogen) atoms. The van der Waals surface area contributed by atoms with Crippen LogP contribution in [-0.4, -0.2) is 7.25 Å². The van der Waals surface area contributed by atoms with Crippen LogP contribution in [0.1, 0.15) is 0 Å². The van der Waals surface area contributed by atoms with Crippen LogP contribution in [0.2, 0.25) is 0 Å². The molecule has 0 saturated heterocycles. The van der Waals surface area contributed by atoms with Gasteiger partial charge in [0.15, 0.2) is 4.98 Å². The number of hydrogen-bond donors (Lipinski definition) is 0. The Labute approximate surface area is 99.6 Å². The first-order valence-corrected chi connectivity index (χ1v) is 5.00. The van der Waals surface area contributed by atoms with Gasteiger partial charge in [0.1, 0.15) is 0 Å². The van der Waals surface area contributed by atoms with Gasteiger partial charge in [0.25, 0.3) is 0 Å². The Kier molecular flexibility index (Phi) is 5.83. The van der Waals surface area contributed by atoms with Gasteiger partial charge in [-0.2, -0.15) is 0 Å². The van der Waals surface area contributed by atoms with Gasteiger partial charge in [-0.05, 0) is 37.9 Å². The van der Waals surface area contributed by atoms with Crippen molar-refractivity contribution in [2.75, 3.05) is 0 Å². The zero-order valence-corrected chi connectivity index (χ0v) is 10.1. The van der Waals surface area contributed by atoms with Crippen LogP contribution in [-0.2, 0) is 0 Å². The summed E-state index contributed by atoms with van der Waals surface area (Å²) in [6.45, 7) is 0. The summed E-state index contributed by atoms with van der Waals surface area (Å²) in [6.07, 6.45) is 0. The predicted molar refractivity (Wildman–Crippen MR) is 56.8 cm³/mol. The fraction of sp³-hybridized carbons (Fsp3) is 0. The van der Waals surface area contributed by atoms with E-state index in [1.165, 1.54) is 0 Å². The first-order valence-electron chi connectivity index (χ1n) is 3.41. The van der Waals surface area contributed by atoms with Crippen molar-refractivity contribution in [2.45, 2.75) is 0 Å². The Hall–Kier alpha value is -0.615. The third kappa shape index (κ3) is 8.38. The maximum absolute atomic E-state index is 9.75. The summed E-state index contributed by atoms with van der Waals surface area (Å²) in [6, 6.07) is 5.22. The van der Waals surface area contributed by atoms with Crippen LogP contribution in [0.15, 0.2) is 27.1 Å². The number of diazo groups is 1. The normalized spacial score (nSPS) is 9.93. The summed E-state index contributed by atoms with van der Waals surface area (Å²) in [5.74, 6) is 0. The van der Waals surface area contributed by atoms with Gasteiger partial charge >= 0.3 is 12.9 Å². The molecule has 0 radical (unpaired) electrons. The number of benzene rings is 1. The minimum Gasteiger partial charge on any atom is -0.418 e. The van der Waals surface area contributed by atoms with E-state index in [4.69, 9.17) is 5.39 Å². The largest absolute Gasteiger partial charge is 0.673 e. The molecule has 0 aliphatic rings. The second-order valence-corrected chi connectivity index (χ2v) is 3.90. The van der Waals surface area contributed by atoms with E-state index in [1.807, 2.05) is 0 Å². The van der Waals surface area contributed by atoms with Crippen LogP contribution in [0.25, 0.3) is 4.98 Å². The Morgan fingerprint density at radius 1 is 1.07 bits per heavy atom. The average molecular weight is 350 g/mol. The maximum atomic E-state index is 9.75. The molecule has 0 atom stereocenters. The van der Waals surface area contributed by atoms with Crippen molar-refractivity contribution in [1.82, 2.24) is 0 Å². The standard InChI is InChI=1S/C6H3Br2N2.BF4/c7-5-2-1-4(10-9)3-6(5)8;2-1(3,4)5/h1-3H;/q+1;-1. The monoisotopic (exact) mass is 348 g/mol. The third-order valence-corrected chi connectivity index (χ3v) is 2.90. The Morgan fingerprint density at radius 2 is 1.53 bits per heavy atom. The lowest BCUT2D eigenvalue weighted by Gasteiger charge is -1.94. The summed E-state index contributed by atoms with van der Waals surface area (Å²) in [5, 5.41) is 8.34. The van der Waals surface area contributed by atoms with E-state index < -0.39 is 7.25 Å². The van der Waals surface area contributed by atoms with Gasteiger partial charge in [0.05, 0.1) is 0 Å². The lowest BCUT2D eigenvalue weighted by Crippen LogP contribution is -2.02. The van der Waals surface area contributed by atoms with Gasteiger partial charge in [-0.3, -0.25) is 0 Å². The van der Waals surface area contributed by atoms with Gasteiger partial charge in [-0.15, -0.1) is 0 Å². The maximum Gasteiger partial charge on any atom is 0.673 e. The number of hydrogen-bond acceptors (Lipinski definition) is 1. The Balaban J connectivity index is 0.000000336. The molecular formula is C6H3BBr2F4N2. The topological polar surface area (TPSA) is 28.1 Å². The van der Waals surface area contributed by atoms with Gasteiger partial charge in [-0.25, -0.2) is 0 Å². The van der Waals surface area contributed by atoms with Crippen molar-refractivity contribution < 1.29 is 17.3 Å². The lowest BCUT2D eigenvalue weighted by atomic mass is 10.3. The summed E-state index contributed by atoms with van der Waals surface area (Å²) in [7, 11) is -6.00. The van der Waals surface area contributed by atoms with Crippen molar-refractivity contribution in [1.29, 1.82) is 5.39 Å². The zero-order chi connectivity index (χ0) is 12.1. The van der Waals surface area contributed by atoms with E-state index in [0.29, 0.717) is 5.69 Å². The average Bonchev–Trinajstić information content (AvgIpc) is 2.07. The summed E-state index contributed by atoms with van der Waals surface area (Å²) >= 11 is 6.56. The third-order valence-electron chi connectivity index (χ3n) is 1.02. The molecule has 0 bridgehead atoms. The van der Waals surface area contributed by atoms with E-state index in [1.54, 1.807) is 18.2 Å². The molecular weight excluding hydrogens is 347 g/mol. The Bertz CT molecular complexity index is 370. The molecule has 0 spiro atoms. The predicted octanol–water partition coefficient (Wildman–Crippen LogP) is 5.00. The van der Waals surface area contributed by atoms with Crippen molar-refractivity contribution in [3.63, 3.8) is 0 Å². The smallest absolute Gasteiger partial charge is 0.418 e. The molecule has 0 N–H and O–H groups in total. The van der Waals surface area contributed by atoms with Crippen LogP contribution in [0.3, 0.4) is 0 Å². The van der Waals surface area contributed by atoms with Crippen molar-refractivity contribution in [2.24, 2.45) is 0 Å². The van der Waals surface area contributed by atoms with Gasteiger partial charge < -0.3 is 17.3 Å². The minimum atomic E-state index is -6.00. The number of rotatable bonds is 0. The first-order chi connectivity index (χ1) is 6.74. The lowest BCUT2D eigenvalue weighted by molar-refractivity contribution is 0.368. The van der Waals surface area contributed by atoms with Crippen LogP contribution < -0.4 is 0 Å². The SMILES string of the molecule is F[B-](F)(F)F.N#[N+]c1ccc(Br)c(Br)c1. The summed E-state index contributed by atoms with van der Waals surface area (Å²) in [4.78, 5) is 3.02. The molecule has 9 heteroatoms. The van der Waals surface area contributed by atoms with Crippen LogP contribution in [0.5, 0.6) is 0 Å². The summed E-state index contributed by atoms with van der Waals surface area (Å²) < 4.78 is 40.8. The molecule has 1 aromatic carbocycles. The van der Waals surface area contributed by atoms with Crippen molar-refractivity contribution in [3.8, 4) is 0 Å². The summed E-state index contributed by atoms with van der Waals surface area (Å²) in [5.41, 5.74) is 0.537. The van der Waals surface area contributed by atoms with E-state index in [2.05, 4.69) is 36.8 Å². The second-order valence-electron chi connectivity index (χ2n) is 2.19. The molecule has 0 unspecified atom stereocenters. The highest BCUT2D eigenvalue weighted by molar-refractivity contribution is 9.13. The van der Waals surface area contributed by atoms with Gasteiger partial charge in [0.2, 0.25) is 5.39 Å². The van der Waals surface area contributed by atoms with Crippen molar-refractivity contribution >= 4 is 44.8 Å². The molecule has 0 saturated carbocycles. The van der Waals surface area contributed by atoms with Crippen molar-refractivity contribution in [3.05, 3.63) is 32.1 Å². The molecule has 0 heterocycles. The first kappa shape index (κ1) is 14.4. The molecule has 1 aromatic rings. The van der Waals surface area contributed by atoms with Gasteiger partial charge in [0, 0.05) is 21.1 Å². The number of nitrogens with zero attached hydrogens (tertiary/aromatic N) is 2. The quantitative estimate of drug-likeness (QED) is 0.368. The molecule has 0 amide bonds. The highest BCUT2D eigenvalue weighted by Crippen LogP contribution is 2.27. The Morgan fingerprint density at radius 3 is 1.87 bits per heavy atom. The fourth-order valence-corrected chi connectivity index (χ4v) is 1.16. The fourth-order valence-electron chi connectivity index (χ4n) is 0.547. The minimum absolute atomic E-state index is 0.537. The molecule has 2 nitrogen and oxygen atoms in total. The van der Waals surface area contributed by atoms with E-state index in [0.717, 1.165) is 8.95 Å². The van der Waals surface area contributed by atoms with Crippen LogP contribution >= 0.6 is 31.9 Å². The molecule has 82 valence electrons. The molecule has 0 fully saturated rings. The van der Waals surface area contributed by atoms with E-state index in [-0.39, 0.29) is 0 Å².